The lowest BCUT2D eigenvalue weighted by Gasteiger charge is -2.23. The van der Waals surface area contributed by atoms with Crippen LogP contribution in [-0.2, 0) is 16.0 Å². The molecule has 1 fully saturated rings. The standard InChI is InChI=1S/C16H24N2O2/c1-2-3-4-13-5-7-14(8-6-13)18-16(19)11-15-12-20-10-9-17-15/h5-8,15,17H,2-4,9-12H2,1H3,(H,18,19). The molecule has 0 saturated carbocycles. The van der Waals surface area contributed by atoms with Crippen molar-refractivity contribution in [2.24, 2.45) is 0 Å². The van der Waals surface area contributed by atoms with Gasteiger partial charge in [-0.2, -0.15) is 0 Å². The Kier molecular flexibility index (Phi) is 6.02. The Hall–Kier alpha value is -1.39. The average molecular weight is 276 g/mol. The first-order valence-electron chi connectivity index (χ1n) is 7.48. The first kappa shape index (κ1) is 15.0. The van der Waals surface area contributed by atoms with Crippen molar-refractivity contribution in [3.05, 3.63) is 29.8 Å². The summed E-state index contributed by atoms with van der Waals surface area (Å²) in [5.74, 6) is 0.0364. The van der Waals surface area contributed by atoms with Crippen molar-refractivity contribution in [1.29, 1.82) is 0 Å². The average Bonchev–Trinajstić information content (AvgIpc) is 2.47. The Morgan fingerprint density at radius 1 is 1.40 bits per heavy atom. The second kappa shape index (κ2) is 8.02. The Morgan fingerprint density at radius 3 is 2.85 bits per heavy atom. The quantitative estimate of drug-likeness (QED) is 0.838. The number of aryl methyl sites for hydroxylation is 1. The van der Waals surface area contributed by atoms with E-state index in [0.29, 0.717) is 13.0 Å². The number of carbonyl (C=O) groups excluding carboxylic acids is 1. The van der Waals surface area contributed by atoms with E-state index in [4.69, 9.17) is 4.74 Å². The highest BCUT2D eigenvalue weighted by atomic mass is 16.5. The van der Waals surface area contributed by atoms with Crippen molar-refractivity contribution in [3.8, 4) is 0 Å². The van der Waals surface area contributed by atoms with Crippen molar-refractivity contribution in [2.75, 3.05) is 25.1 Å². The zero-order valence-corrected chi connectivity index (χ0v) is 12.2. The summed E-state index contributed by atoms with van der Waals surface area (Å²) >= 11 is 0. The van der Waals surface area contributed by atoms with Crippen LogP contribution in [0, 0.1) is 0 Å². The third-order valence-electron chi connectivity index (χ3n) is 3.49. The fourth-order valence-corrected chi connectivity index (χ4v) is 2.32. The van der Waals surface area contributed by atoms with Crippen LogP contribution in [-0.4, -0.2) is 31.7 Å². The molecule has 0 spiro atoms. The number of carbonyl (C=O) groups is 1. The summed E-state index contributed by atoms with van der Waals surface area (Å²) < 4.78 is 5.34. The van der Waals surface area contributed by atoms with Gasteiger partial charge >= 0.3 is 0 Å². The molecule has 1 amide bonds. The molecule has 0 aliphatic carbocycles. The highest BCUT2D eigenvalue weighted by Crippen LogP contribution is 2.12. The maximum absolute atomic E-state index is 11.9. The van der Waals surface area contributed by atoms with Crippen LogP contribution >= 0.6 is 0 Å². The number of ether oxygens (including phenoxy) is 1. The van der Waals surface area contributed by atoms with Crippen LogP contribution in [0.2, 0.25) is 0 Å². The van der Waals surface area contributed by atoms with Gasteiger partial charge in [0.2, 0.25) is 5.91 Å². The second-order valence-electron chi connectivity index (χ2n) is 5.28. The van der Waals surface area contributed by atoms with E-state index in [1.54, 1.807) is 0 Å². The van der Waals surface area contributed by atoms with E-state index >= 15 is 0 Å². The van der Waals surface area contributed by atoms with Gasteiger partial charge in [0.15, 0.2) is 0 Å². The monoisotopic (exact) mass is 276 g/mol. The van der Waals surface area contributed by atoms with Crippen LogP contribution in [0.1, 0.15) is 31.7 Å². The number of anilines is 1. The molecule has 1 saturated heterocycles. The minimum absolute atomic E-state index is 0.0364. The molecule has 1 aliphatic rings. The van der Waals surface area contributed by atoms with Crippen molar-refractivity contribution >= 4 is 11.6 Å². The van der Waals surface area contributed by atoms with Gasteiger partial charge in [-0.25, -0.2) is 0 Å². The van der Waals surface area contributed by atoms with Crippen LogP contribution in [0.25, 0.3) is 0 Å². The molecular weight excluding hydrogens is 252 g/mol. The molecule has 1 aromatic carbocycles. The molecular formula is C16H24N2O2. The van der Waals surface area contributed by atoms with E-state index in [9.17, 15) is 4.79 Å². The first-order chi connectivity index (χ1) is 9.78. The fraction of sp³-hybridized carbons (Fsp3) is 0.562. The van der Waals surface area contributed by atoms with Crippen molar-refractivity contribution in [1.82, 2.24) is 5.32 Å². The third-order valence-corrected chi connectivity index (χ3v) is 3.49. The van der Waals surface area contributed by atoms with E-state index in [1.807, 2.05) is 12.1 Å². The Balaban J connectivity index is 1.78. The van der Waals surface area contributed by atoms with Crippen LogP contribution in [0.4, 0.5) is 5.69 Å². The summed E-state index contributed by atoms with van der Waals surface area (Å²) in [7, 11) is 0. The van der Waals surface area contributed by atoms with Gasteiger partial charge < -0.3 is 15.4 Å². The molecule has 0 aromatic heterocycles. The third kappa shape index (κ3) is 4.94. The van der Waals surface area contributed by atoms with Gasteiger partial charge in [-0.1, -0.05) is 25.5 Å². The lowest BCUT2D eigenvalue weighted by molar-refractivity contribution is -0.117. The number of benzene rings is 1. The van der Waals surface area contributed by atoms with Crippen LogP contribution < -0.4 is 10.6 Å². The number of amides is 1. The minimum Gasteiger partial charge on any atom is -0.378 e. The van der Waals surface area contributed by atoms with Crippen molar-refractivity contribution < 1.29 is 9.53 Å². The SMILES string of the molecule is CCCCc1ccc(NC(=O)CC2COCCN2)cc1. The van der Waals surface area contributed by atoms with Crippen molar-refractivity contribution in [2.45, 2.75) is 38.6 Å². The van der Waals surface area contributed by atoms with E-state index in [1.165, 1.54) is 18.4 Å². The Bertz CT molecular complexity index is 411. The second-order valence-corrected chi connectivity index (χ2v) is 5.28. The molecule has 1 aromatic rings. The van der Waals surface area contributed by atoms with Crippen LogP contribution in [0.3, 0.4) is 0 Å². The maximum atomic E-state index is 11.9. The maximum Gasteiger partial charge on any atom is 0.226 e. The number of morpholine rings is 1. The van der Waals surface area contributed by atoms with Crippen LogP contribution in [0.15, 0.2) is 24.3 Å². The number of unbranched alkanes of at least 4 members (excludes halogenated alkanes) is 1. The van der Waals surface area contributed by atoms with Gasteiger partial charge in [0.1, 0.15) is 0 Å². The predicted molar refractivity (Wildman–Crippen MR) is 80.9 cm³/mol. The van der Waals surface area contributed by atoms with Gasteiger partial charge in [0, 0.05) is 24.7 Å². The summed E-state index contributed by atoms with van der Waals surface area (Å²) in [5, 5.41) is 6.22. The molecule has 2 rings (SSSR count). The number of hydrogen-bond acceptors (Lipinski definition) is 3. The normalized spacial score (nSPS) is 18.8. The molecule has 4 heteroatoms. The topological polar surface area (TPSA) is 50.4 Å². The number of hydrogen-bond donors (Lipinski definition) is 2. The molecule has 1 unspecified atom stereocenters. The van der Waals surface area contributed by atoms with Gasteiger partial charge in [-0.05, 0) is 30.5 Å². The number of nitrogens with one attached hydrogen (secondary N) is 2. The van der Waals surface area contributed by atoms with Crippen molar-refractivity contribution in [3.63, 3.8) is 0 Å². The molecule has 1 heterocycles. The molecule has 1 aliphatic heterocycles. The zero-order valence-electron chi connectivity index (χ0n) is 12.2. The largest absolute Gasteiger partial charge is 0.378 e. The highest BCUT2D eigenvalue weighted by molar-refractivity contribution is 5.91. The van der Waals surface area contributed by atoms with Gasteiger partial charge in [0.25, 0.3) is 0 Å². The molecule has 2 N–H and O–H groups in total. The van der Waals surface area contributed by atoms with Gasteiger partial charge in [-0.15, -0.1) is 0 Å². The van der Waals surface area contributed by atoms with E-state index < -0.39 is 0 Å². The predicted octanol–water partition coefficient (Wildman–Crippen LogP) is 2.35. The summed E-state index contributed by atoms with van der Waals surface area (Å²) in [6.07, 6.45) is 3.97. The summed E-state index contributed by atoms with van der Waals surface area (Å²) in [5.41, 5.74) is 2.19. The first-order valence-corrected chi connectivity index (χ1v) is 7.48. The summed E-state index contributed by atoms with van der Waals surface area (Å²) in [4.78, 5) is 11.9. The minimum atomic E-state index is 0.0364. The molecule has 0 bridgehead atoms. The van der Waals surface area contributed by atoms with Gasteiger partial charge in [-0.3, -0.25) is 4.79 Å². The molecule has 4 nitrogen and oxygen atoms in total. The molecule has 1 atom stereocenters. The molecule has 20 heavy (non-hydrogen) atoms. The smallest absolute Gasteiger partial charge is 0.226 e. The number of rotatable bonds is 6. The van der Waals surface area contributed by atoms with E-state index in [0.717, 1.165) is 25.3 Å². The lowest BCUT2D eigenvalue weighted by Crippen LogP contribution is -2.43. The van der Waals surface area contributed by atoms with E-state index in [-0.39, 0.29) is 11.9 Å². The summed E-state index contributed by atoms with van der Waals surface area (Å²) in [6, 6.07) is 8.27. The Labute approximate surface area is 120 Å². The lowest BCUT2D eigenvalue weighted by atomic mass is 10.1. The molecule has 110 valence electrons. The van der Waals surface area contributed by atoms with Gasteiger partial charge in [0.05, 0.1) is 13.2 Å². The van der Waals surface area contributed by atoms with E-state index in [2.05, 4.69) is 29.7 Å². The Morgan fingerprint density at radius 2 is 2.20 bits per heavy atom. The zero-order chi connectivity index (χ0) is 14.2. The fourth-order valence-electron chi connectivity index (χ4n) is 2.32. The molecule has 0 radical (unpaired) electrons. The van der Waals surface area contributed by atoms with Crippen LogP contribution in [0.5, 0.6) is 0 Å². The highest BCUT2D eigenvalue weighted by Gasteiger charge is 2.16. The summed E-state index contributed by atoms with van der Waals surface area (Å²) in [6.45, 7) is 4.36.